The Bertz CT molecular complexity index is 1350. The zero-order valence-electron chi connectivity index (χ0n) is 32.0. The number of halogens is 1. The molecule has 3 N–H and O–H groups in total. The molecule has 8 atom stereocenters. The van der Waals surface area contributed by atoms with Gasteiger partial charge in [0.1, 0.15) is 24.6 Å². The Balaban J connectivity index is 1.76. The molecule has 0 radical (unpaired) electrons. The third-order valence-electron chi connectivity index (χ3n) is 9.34. The summed E-state index contributed by atoms with van der Waals surface area (Å²) in [5.74, 6) is -3.63. The predicted octanol–water partition coefficient (Wildman–Crippen LogP) is 4.86. The normalized spacial score (nSPS) is 25.6. The molecule has 2 aliphatic rings. The Labute approximate surface area is 323 Å². The van der Waals surface area contributed by atoms with Crippen molar-refractivity contribution in [3.05, 3.63) is 35.9 Å². The molecule has 0 bridgehead atoms. The first-order chi connectivity index (χ1) is 25.9. The van der Waals surface area contributed by atoms with E-state index in [0.717, 1.165) is 46.5 Å². The molecule has 3 rings (SSSR count). The number of aliphatic hydroxyl groups excluding tert-OH is 1. The monoisotopic (exact) mass is 782 g/mol. The van der Waals surface area contributed by atoms with Crippen LogP contribution in [0.1, 0.15) is 117 Å². The molecule has 0 spiro atoms. The first-order valence-corrected chi connectivity index (χ1v) is 19.7. The molecule has 1 saturated heterocycles. The van der Waals surface area contributed by atoms with Gasteiger partial charge >= 0.3 is 17.9 Å². The predicted molar refractivity (Wildman–Crippen MR) is 200 cm³/mol. The molecule has 1 fully saturated rings. The quantitative estimate of drug-likeness (QED) is 0.0425. The number of hydrogen-bond donors (Lipinski definition) is 3. The standard InChI is InChI=1S/C39H59ClN2O12/c1-5-6-7-8-9-10-11-12-13-14-15-19-22-31(46)34-30(41-37(54-34)29-20-17-16-18-21-29)24-50-38-39(48,42-33(47)23-40)36(52-28(4)45)35(51-27(3)44)32(53-38)25-49-26(2)43/h16-18,20-21,30-32,34-36,38,46,48H,5-15,19,22-25H2,1-4H3,(H,42,47)/t30-,31+,32+,34-,35+,36-,38+,39+/m0/s1. The summed E-state index contributed by atoms with van der Waals surface area (Å²) in [5.41, 5.74) is -1.98. The minimum Gasteiger partial charge on any atom is -0.469 e. The van der Waals surface area contributed by atoms with Gasteiger partial charge in [0, 0.05) is 26.3 Å². The lowest BCUT2D eigenvalue weighted by Gasteiger charge is -2.49. The number of carbonyl (C=O) groups is 4. The maximum Gasteiger partial charge on any atom is 0.303 e. The molecule has 14 nitrogen and oxygen atoms in total. The fourth-order valence-electron chi connectivity index (χ4n) is 6.67. The van der Waals surface area contributed by atoms with Crippen molar-refractivity contribution in [1.82, 2.24) is 5.32 Å². The molecule has 1 aromatic carbocycles. The highest BCUT2D eigenvalue weighted by Crippen LogP contribution is 2.35. The van der Waals surface area contributed by atoms with Crippen molar-refractivity contribution >= 4 is 41.3 Å². The van der Waals surface area contributed by atoms with E-state index in [9.17, 15) is 29.4 Å². The molecule has 54 heavy (non-hydrogen) atoms. The number of rotatable bonds is 24. The summed E-state index contributed by atoms with van der Waals surface area (Å²) in [5, 5.41) is 25.7. The van der Waals surface area contributed by atoms with Gasteiger partial charge in [-0.15, -0.1) is 11.6 Å². The molecule has 2 aliphatic heterocycles. The minimum atomic E-state index is -2.67. The number of carbonyl (C=O) groups excluding carboxylic acids is 4. The summed E-state index contributed by atoms with van der Waals surface area (Å²) in [4.78, 5) is 53.6. The van der Waals surface area contributed by atoms with Gasteiger partial charge in [-0.3, -0.25) is 19.2 Å². The van der Waals surface area contributed by atoms with E-state index in [-0.39, 0.29) is 6.61 Å². The van der Waals surface area contributed by atoms with Gasteiger partial charge in [-0.2, -0.15) is 0 Å². The Morgan fingerprint density at radius 3 is 2.02 bits per heavy atom. The van der Waals surface area contributed by atoms with Crippen molar-refractivity contribution in [2.24, 2.45) is 4.99 Å². The molecule has 0 unspecified atom stereocenters. The fraction of sp³-hybridized carbons (Fsp3) is 0.718. The van der Waals surface area contributed by atoms with Crippen LogP contribution in [0.25, 0.3) is 0 Å². The minimum absolute atomic E-state index is 0.290. The Morgan fingerprint density at radius 2 is 1.46 bits per heavy atom. The average molecular weight is 783 g/mol. The van der Waals surface area contributed by atoms with E-state index in [1.807, 2.05) is 30.3 Å². The number of ether oxygens (including phenoxy) is 6. The second-order valence-electron chi connectivity index (χ2n) is 13.9. The van der Waals surface area contributed by atoms with E-state index in [1.165, 1.54) is 51.4 Å². The smallest absolute Gasteiger partial charge is 0.303 e. The van der Waals surface area contributed by atoms with Crippen LogP contribution in [0.5, 0.6) is 0 Å². The first-order valence-electron chi connectivity index (χ1n) is 19.2. The topological polar surface area (TPSA) is 189 Å². The maximum absolute atomic E-state index is 12.6. The highest BCUT2D eigenvalue weighted by Gasteiger charge is 2.61. The number of benzene rings is 1. The Morgan fingerprint density at radius 1 is 0.870 bits per heavy atom. The van der Waals surface area contributed by atoms with Crippen LogP contribution in [0.3, 0.4) is 0 Å². The van der Waals surface area contributed by atoms with Gasteiger partial charge in [-0.1, -0.05) is 102 Å². The summed E-state index contributed by atoms with van der Waals surface area (Å²) >= 11 is 5.77. The van der Waals surface area contributed by atoms with Crippen LogP contribution in [-0.4, -0.2) is 108 Å². The van der Waals surface area contributed by atoms with E-state index >= 15 is 0 Å². The second-order valence-corrected chi connectivity index (χ2v) is 14.2. The molecule has 2 heterocycles. The molecular formula is C39H59ClN2O12. The summed E-state index contributed by atoms with van der Waals surface area (Å²) in [6.45, 7) is 4.71. The van der Waals surface area contributed by atoms with E-state index in [4.69, 9.17) is 45.0 Å². The van der Waals surface area contributed by atoms with Gasteiger partial charge < -0.3 is 44.0 Å². The Hall–Kier alpha value is -3.30. The molecule has 1 amide bonds. The molecule has 0 aliphatic carbocycles. The number of alkyl halides is 1. The summed E-state index contributed by atoms with van der Waals surface area (Å²) < 4.78 is 34.3. The van der Waals surface area contributed by atoms with Crippen molar-refractivity contribution in [2.45, 2.75) is 160 Å². The number of esters is 3. The van der Waals surface area contributed by atoms with Crippen LogP contribution >= 0.6 is 11.6 Å². The number of nitrogens with zero attached hydrogens (tertiary/aromatic N) is 1. The lowest BCUT2D eigenvalue weighted by Crippen LogP contribution is -2.75. The average Bonchev–Trinajstić information content (AvgIpc) is 3.57. The van der Waals surface area contributed by atoms with Crippen LogP contribution < -0.4 is 5.32 Å². The van der Waals surface area contributed by atoms with Crippen molar-refractivity contribution in [2.75, 3.05) is 19.1 Å². The largest absolute Gasteiger partial charge is 0.469 e. The third kappa shape index (κ3) is 14.4. The van der Waals surface area contributed by atoms with Crippen LogP contribution in [0.4, 0.5) is 0 Å². The SMILES string of the molecule is CCCCCCCCCCCCCC[C@@H](O)[C@H]1OC(c2ccccc2)=N[C@H]1CO[C@@H]1O[C@H](COC(C)=O)[C@@H](OC(C)=O)[C@H](OC(C)=O)[C@]1(O)NC(=O)CCl. The second kappa shape index (κ2) is 23.6. The zero-order chi connectivity index (χ0) is 39.5. The molecule has 0 aromatic heterocycles. The summed E-state index contributed by atoms with van der Waals surface area (Å²) in [6, 6.07) is 8.34. The van der Waals surface area contributed by atoms with Gasteiger partial charge in [0.05, 0.1) is 12.7 Å². The van der Waals surface area contributed by atoms with Gasteiger partial charge in [-0.25, -0.2) is 4.99 Å². The van der Waals surface area contributed by atoms with Crippen LogP contribution in [0, 0.1) is 0 Å². The number of aliphatic imine (C=N–C) groups is 1. The van der Waals surface area contributed by atoms with Crippen molar-refractivity contribution < 1.29 is 57.8 Å². The maximum atomic E-state index is 12.6. The zero-order valence-corrected chi connectivity index (χ0v) is 32.8. The highest BCUT2D eigenvalue weighted by molar-refractivity contribution is 6.27. The van der Waals surface area contributed by atoms with Crippen LogP contribution in [0.15, 0.2) is 35.3 Å². The third-order valence-corrected chi connectivity index (χ3v) is 9.59. The fourth-order valence-corrected chi connectivity index (χ4v) is 6.74. The summed E-state index contributed by atoms with van der Waals surface area (Å²) in [6.07, 6.45) is 6.40. The van der Waals surface area contributed by atoms with Crippen LogP contribution in [-0.2, 0) is 47.6 Å². The van der Waals surface area contributed by atoms with Gasteiger partial charge in [-0.05, 0) is 18.6 Å². The van der Waals surface area contributed by atoms with E-state index in [1.54, 1.807) is 0 Å². The molecular weight excluding hydrogens is 724 g/mol. The van der Waals surface area contributed by atoms with Crippen molar-refractivity contribution in [3.8, 4) is 0 Å². The van der Waals surface area contributed by atoms with Gasteiger partial charge in [0.2, 0.25) is 23.8 Å². The van der Waals surface area contributed by atoms with Crippen LogP contribution in [0.2, 0.25) is 0 Å². The highest BCUT2D eigenvalue weighted by atomic mass is 35.5. The number of amides is 1. The first kappa shape index (κ1) is 45.1. The number of nitrogens with one attached hydrogen (secondary N) is 1. The number of unbranched alkanes of at least 4 members (excludes halogenated alkanes) is 11. The lowest BCUT2D eigenvalue weighted by molar-refractivity contribution is -0.350. The number of aliphatic hydroxyl groups is 2. The molecule has 304 valence electrons. The Kier molecular flexibility index (Phi) is 19.7. The van der Waals surface area contributed by atoms with Crippen molar-refractivity contribution in [1.29, 1.82) is 0 Å². The van der Waals surface area contributed by atoms with Gasteiger partial charge in [0.15, 0.2) is 18.3 Å². The molecule has 15 heteroatoms. The van der Waals surface area contributed by atoms with Gasteiger partial charge in [0.25, 0.3) is 0 Å². The molecule has 0 saturated carbocycles. The van der Waals surface area contributed by atoms with E-state index < -0.39 is 84.9 Å². The lowest BCUT2D eigenvalue weighted by atomic mass is 9.92. The summed E-state index contributed by atoms with van der Waals surface area (Å²) in [7, 11) is 0. The van der Waals surface area contributed by atoms with E-state index in [0.29, 0.717) is 17.9 Å². The van der Waals surface area contributed by atoms with Crippen molar-refractivity contribution in [3.63, 3.8) is 0 Å². The number of hydrogen-bond acceptors (Lipinski definition) is 13. The van der Waals surface area contributed by atoms with E-state index in [2.05, 4.69) is 12.2 Å². The molecule has 1 aromatic rings.